The number of fused-ring (bicyclic) bond motifs is 9. The molecule has 1 aromatic heterocycles. The standard InChI is InChI=1S/C53H57BN2S/c1-32-24-35-26-36(25-32)31-53(8,30-35)37-20-21-46-39(27-37)49-50(57-46)54-42-28-40-41(52(6,7)23-22-51(40,4)5)29-45(42)56(48-33(2)14-12-15-34(48)3)44-19-13-18-43(47(44)54)55(49)38-16-10-9-11-17-38/h9-21,27-29,32,35-36H,22-26,30-31H2,1-8H3/t32?,35-,36+,53?. The number of nitrogens with zero attached hydrogens (tertiary/aromatic N) is 2. The Balaban J connectivity index is 1.21. The van der Waals surface area contributed by atoms with Crippen LogP contribution in [0.15, 0.2) is 97.1 Å². The van der Waals surface area contributed by atoms with Gasteiger partial charge in [-0.25, -0.2) is 0 Å². The van der Waals surface area contributed by atoms with E-state index in [-0.39, 0.29) is 23.0 Å². The van der Waals surface area contributed by atoms with E-state index >= 15 is 0 Å². The van der Waals surface area contributed by atoms with E-state index in [0.29, 0.717) is 0 Å². The van der Waals surface area contributed by atoms with Crippen molar-refractivity contribution < 1.29 is 0 Å². The van der Waals surface area contributed by atoms with Crippen LogP contribution in [0.4, 0.5) is 34.1 Å². The molecule has 0 radical (unpaired) electrons. The van der Waals surface area contributed by atoms with E-state index in [1.165, 1.54) is 122 Å². The van der Waals surface area contributed by atoms with Crippen LogP contribution in [0.5, 0.6) is 0 Å². The van der Waals surface area contributed by atoms with Crippen molar-refractivity contribution in [1.29, 1.82) is 0 Å². The molecule has 2 fully saturated rings. The second kappa shape index (κ2) is 12.4. The number of benzene rings is 5. The van der Waals surface area contributed by atoms with Crippen LogP contribution in [0.3, 0.4) is 0 Å². The summed E-state index contributed by atoms with van der Waals surface area (Å²) in [6.45, 7) is 19.8. The molecule has 0 amide bonds. The quantitative estimate of drug-likeness (QED) is 0.165. The third-order valence-corrected chi connectivity index (χ3v) is 16.8. The first-order valence-electron chi connectivity index (χ1n) is 21.9. The maximum absolute atomic E-state index is 2.69. The van der Waals surface area contributed by atoms with Crippen LogP contribution in [0.1, 0.15) is 114 Å². The van der Waals surface area contributed by atoms with Crippen molar-refractivity contribution in [2.45, 2.75) is 117 Å². The summed E-state index contributed by atoms with van der Waals surface area (Å²) < 4.78 is 2.89. The monoisotopic (exact) mass is 764 g/mol. The molecule has 2 bridgehead atoms. The molecule has 6 aromatic rings. The Bertz CT molecular complexity index is 2580. The first-order valence-corrected chi connectivity index (χ1v) is 22.7. The first-order chi connectivity index (χ1) is 27.3. The van der Waals surface area contributed by atoms with Crippen molar-refractivity contribution in [1.82, 2.24) is 0 Å². The van der Waals surface area contributed by atoms with Gasteiger partial charge in [0.25, 0.3) is 6.71 Å². The minimum atomic E-state index is 0.107. The Hall–Kier alpha value is -4.28. The third kappa shape index (κ3) is 5.27. The van der Waals surface area contributed by atoms with Gasteiger partial charge in [-0.3, -0.25) is 0 Å². The molecule has 5 aromatic carbocycles. The summed E-state index contributed by atoms with van der Waals surface area (Å²) in [6, 6.07) is 38.2. The molecule has 4 atom stereocenters. The van der Waals surface area contributed by atoms with Gasteiger partial charge < -0.3 is 9.80 Å². The lowest BCUT2D eigenvalue weighted by molar-refractivity contribution is 0.0899. The van der Waals surface area contributed by atoms with E-state index in [9.17, 15) is 0 Å². The van der Waals surface area contributed by atoms with Gasteiger partial charge in [-0.05, 0) is 174 Å². The fraction of sp³-hybridized carbons (Fsp3) is 0.396. The molecule has 5 aliphatic rings. The Kier molecular flexibility index (Phi) is 7.78. The molecule has 2 saturated carbocycles. The molecule has 2 nitrogen and oxygen atoms in total. The second-order valence-corrected chi connectivity index (χ2v) is 21.7. The zero-order valence-electron chi connectivity index (χ0n) is 35.3. The molecule has 3 heterocycles. The van der Waals surface area contributed by atoms with Gasteiger partial charge in [0.1, 0.15) is 0 Å². The lowest BCUT2D eigenvalue weighted by Gasteiger charge is -2.48. The van der Waals surface area contributed by atoms with Gasteiger partial charge in [0.15, 0.2) is 0 Å². The Morgan fingerprint density at radius 1 is 0.632 bits per heavy atom. The van der Waals surface area contributed by atoms with Gasteiger partial charge in [0.2, 0.25) is 0 Å². The number of aryl methyl sites for hydroxylation is 2. The lowest BCUT2D eigenvalue weighted by Crippen LogP contribution is -2.61. The average molecular weight is 765 g/mol. The largest absolute Gasteiger partial charge is 0.311 e. The number of para-hydroxylation sites is 2. The number of hydrogen-bond acceptors (Lipinski definition) is 3. The van der Waals surface area contributed by atoms with Crippen LogP contribution in [0, 0.1) is 31.6 Å². The predicted molar refractivity (Wildman–Crippen MR) is 247 cm³/mol. The fourth-order valence-corrected chi connectivity index (χ4v) is 14.2. The minimum absolute atomic E-state index is 0.107. The minimum Gasteiger partial charge on any atom is -0.311 e. The van der Waals surface area contributed by atoms with Gasteiger partial charge in [-0.1, -0.05) is 96.1 Å². The fourth-order valence-electron chi connectivity index (χ4n) is 12.9. The SMILES string of the molecule is Cc1cccc(C)c1N1c2cc3c(cc2B2c4sc5ccc(C6(C)C[C@@H]7CC(C)C[C@@H](C7)C6)cc5c4N(c4ccccc4)c4cccc1c42)C(C)(C)CCC3(C)C. The van der Waals surface area contributed by atoms with Gasteiger partial charge >= 0.3 is 0 Å². The van der Waals surface area contributed by atoms with E-state index in [4.69, 9.17) is 0 Å². The van der Waals surface area contributed by atoms with Crippen LogP contribution in [-0.4, -0.2) is 6.71 Å². The van der Waals surface area contributed by atoms with E-state index in [0.717, 1.165) is 17.8 Å². The van der Waals surface area contributed by atoms with Crippen molar-refractivity contribution in [3.05, 3.63) is 125 Å². The number of hydrogen-bond donors (Lipinski definition) is 0. The Morgan fingerprint density at radius 2 is 1.26 bits per heavy atom. The maximum atomic E-state index is 2.69. The van der Waals surface area contributed by atoms with Crippen molar-refractivity contribution in [3.63, 3.8) is 0 Å². The van der Waals surface area contributed by atoms with Crippen molar-refractivity contribution in [3.8, 4) is 0 Å². The van der Waals surface area contributed by atoms with Gasteiger partial charge in [-0.15, -0.1) is 11.3 Å². The molecule has 288 valence electrons. The maximum Gasteiger partial charge on any atom is 0.264 e. The van der Waals surface area contributed by atoms with Crippen LogP contribution in [0.2, 0.25) is 0 Å². The van der Waals surface area contributed by atoms with E-state index in [1.54, 1.807) is 11.1 Å². The summed E-state index contributed by atoms with van der Waals surface area (Å²) in [5.74, 6) is 2.59. The number of thiophene rings is 1. The van der Waals surface area contributed by atoms with E-state index < -0.39 is 0 Å². The summed E-state index contributed by atoms with van der Waals surface area (Å²) in [7, 11) is 0. The molecule has 11 rings (SSSR count). The summed E-state index contributed by atoms with van der Waals surface area (Å²) in [6.07, 6.45) is 9.30. The molecule has 3 aliphatic carbocycles. The van der Waals surface area contributed by atoms with Gasteiger partial charge in [0, 0.05) is 37.6 Å². The molecular weight excluding hydrogens is 707 g/mol. The molecule has 2 unspecified atom stereocenters. The molecule has 0 N–H and O–H groups in total. The third-order valence-electron chi connectivity index (χ3n) is 15.5. The number of rotatable bonds is 3. The smallest absolute Gasteiger partial charge is 0.264 e. The molecule has 2 aliphatic heterocycles. The summed E-state index contributed by atoms with van der Waals surface area (Å²) in [5.41, 5.74) is 18.5. The van der Waals surface area contributed by atoms with Crippen molar-refractivity contribution >= 4 is 78.0 Å². The molecule has 0 saturated heterocycles. The second-order valence-electron chi connectivity index (χ2n) is 20.7. The number of anilines is 6. The summed E-state index contributed by atoms with van der Waals surface area (Å²) in [5, 5.41) is 1.43. The van der Waals surface area contributed by atoms with Gasteiger partial charge in [0.05, 0.1) is 11.4 Å². The highest BCUT2D eigenvalue weighted by Crippen LogP contribution is 2.55. The normalized spacial score (nSPS) is 25.1. The van der Waals surface area contributed by atoms with E-state index in [2.05, 4.69) is 174 Å². The molecule has 0 spiro atoms. The average Bonchev–Trinajstić information content (AvgIpc) is 3.55. The van der Waals surface area contributed by atoms with Crippen LogP contribution in [-0.2, 0) is 16.2 Å². The molecule has 57 heavy (non-hydrogen) atoms. The summed E-state index contributed by atoms with van der Waals surface area (Å²) in [4.78, 5) is 5.31. The van der Waals surface area contributed by atoms with Gasteiger partial charge in [-0.2, -0.15) is 0 Å². The van der Waals surface area contributed by atoms with E-state index in [1.807, 2.05) is 0 Å². The predicted octanol–water partition coefficient (Wildman–Crippen LogP) is 13.1. The van der Waals surface area contributed by atoms with Crippen LogP contribution >= 0.6 is 11.3 Å². The molecule has 4 heteroatoms. The zero-order valence-corrected chi connectivity index (χ0v) is 36.1. The lowest BCUT2D eigenvalue weighted by atomic mass is 9.35. The highest BCUT2D eigenvalue weighted by molar-refractivity contribution is 7.33. The van der Waals surface area contributed by atoms with Crippen LogP contribution in [0.25, 0.3) is 10.1 Å². The topological polar surface area (TPSA) is 6.48 Å². The van der Waals surface area contributed by atoms with Crippen molar-refractivity contribution in [2.24, 2.45) is 17.8 Å². The highest BCUT2D eigenvalue weighted by atomic mass is 32.1. The first kappa shape index (κ1) is 35.9. The zero-order chi connectivity index (χ0) is 39.2. The van der Waals surface area contributed by atoms with Crippen LogP contribution < -0.4 is 25.5 Å². The molecular formula is C53H57BN2S. The summed E-state index contributed by atoms with van der Waals surface area (Å²) >= 11 is 2.05. The highest BCUT2D eigenvalue weighted by Gasteiger charge is 2.48. The Morgan fingerprint density at radius 3 is 1.95 bits per heavy atom. The Labute approximate surface area is 345 Å². The van der Waals surface area contributed by atoms with Crippen molar-refractivity contribution in [2.75, 3.05) is 9.80 Å².